The van der Waals surface area contributed by atoms with E-state index in [0.717, 1.165) is 24.6 Å². The van der Waals surface area contributed by atoms with Gasteiger partial charge in [0.25, 0.3) is 0 Å². The summed E-state index contributed by atoms with van der Waals surface area (Å²) < 4.78 is 1.97. The number of nitrogens with one attached hydrogen (secondary N) is 1. The van der Waals surface area contributed by atoms with Crippen molar-refractivity contribution in [2.24, 2.45) is 5.92 Å². The van der Waals surface area contributed by atoms with Crippen molar-refractivity contribution in [2.75, 3.05) is 7.05 Å². The highest BCUT2D eigenvalue weighted by Gasteiger charge is 2.13. The molecule has 0 bridgehead atoms. The summed E-state index contributed by atoms with van der Waals surface area (Å²) in [6, 6.07) is 9.16. The van der Waals surface area contributed by atoms with Gasteiger partial charge < -0.3 is 5.32 Å². The molecule has 0 saturated heterocycles. The predicted molar refractivity (Wildman–Crippen MR) is 86.3 cm³/mol. The van der Waals surface area contributed by atoms with Crippen molar-refractivity contribution in [1.82, 2.24) is 20.1 Å². The molecule has 1 unspecified atom stereocenters. The molecular formula is C17H26N4. The molecule has 4 nitrogen and oxygen atoms in total. The van der Waals surface area contributed by atoms with E-state index in [0.29, 0.717) is 5.92 Å². The van der Waals surface area contributed by atoms with E-state index < -0.39 is 0 Å². The van der Waals surface area contributed by atoms with Crippen LogP contribution >= 0.6 is 0 Å². The molecule has 1 aromatic heterocycles. The zero-order valence-corrected chi connectivity index (χ0v) is 13.7. The van der Waals surface area contributed by atoms with Crippen molar-refractivity contribution < 1.29 is 0 Å². The second-order valence-corrected chi connectivity index (χ2v) is 6.07. The van der Waals surface area contributed by atoms with Gasteiger partial charge in [-0.2, -0.15) is 5.10 Å². The van der Waals surface area contributed by atoms with Crippen LogP contribution in [0.2, 0.25) is 0 Å². The Balaban J connectivity index is 2.12. The van der Waals surface area contributed by atoms with Crippen molar-refractivity contribution in [2.45, 2.75) is 46.7 Å². The summed E-state index contributed by atoms with van der Waals surface area (Å²) in [6.45, 7) is 9.23. The maximum atomic E-state index is 4.45. The van der Waals surface area contributed by atoms with E-state index >= 15 is 0 Å². The molecule has 2 rings (SSSR count). The van der Waals surface area contributed by atoms with Gasteiger partial charge in [0.15, 0.2) is 0 Å². The highest BCUT2D eigenvalue weighted by atomic mass is 15.3. The van der Waals surface area contributed by atoms with Gasteiger partial charge >= 0.3 is 0 Å². The summed E-state index contributed by atoms with van der Waals surface area (Å²) in [5.41, 5.74) is 2.69. The summed E-state index contributed by atoms with van der Waals surface area (Å²) in [7, 11) is 1.99. The first-order valence-electron chi connectivity index (χ1n) is 7.63. The summed E-state index contributed by atoms with van der Waals surface area (Å²) in [5, 5.41) is 7.82. The summed E-state index contributed by atoms with van der Waals surface area (Å²) >= 11 is 0. The summed E-state index contributed by atoms with van der Waals surface area (Å²) in [5.74, 6) is 2.48. The molecule has 1 atom stereocenters. The topological polar surface area (TPSA) is 42.7 Å². The number of aryl methyl sites for hydroxylation is 2. The van der Waals surface area contributed by atoms with E-state index in [9.17, 15) is 0 Å². The SMILES string of the molecule is CNC(Cn1nc(C)nc1C)c1ccc(CC(C)C)cc1. The van der Waals surface area contributed by atoms with Gasteiger partial charge in [-0.1, -0.05) is 38.1 Å². The van der Waals surface area contributed by atoms with Gasteiger partial charge in [0, 0.05) is 0 Å². The maximum Gasteiger partial charge on any atom is 0.147 e. The number of benzene rings is 1. The summed E-state index contributed by atoms with van der Waals surface area (Å²) in [6.07, 6.45) is 1.13. The Morgan fingerprint density at radius 1 is 1.14 bits per heavy atom. The van der Waals surface area contributed by atoms with Crippen molar-refractivity contribution in [3.05, 3.63) is 47.0 Å². The number of rotatable bonds is 6. The highest BCUT2D eigenvalue weighted by molar-refractivity contribution is 5.25. The first-order chi connectivity index (χ1) is 9.99. The Morgan fingerprint density at radius 3 is 2.29 bits per heavy atom. The van der Waals surface area contributed by atoms with Gasteiger partial charge in [-0.05, 0) is 44.4 Å². The van der Waals surface area contributed by atoms with Gasteiger partial charge in [-0.3, -0.25) is 0 Å². The minimum absolute atomic E-state index is 0.248. The molecule has 1 N–H and O–H groups in total. The molecule has 1 heterocycles. The van der Waals surface area contributed by atoms with Crippen LogP contribution in [0.3, 0.4) is 0 Å². The molecule has 0 amide bonds. The van der Waals surface area contributed by atoms with Crippen LogP contribution in [0.4, 0.5) is 0 Å². The molecule has 0 fully saturated rings. The van der Waals surface area contributed by atoms with Gasteiger partial charge in [-0.25, -0.2) is 9.67 Å². The van der Waals surface area contributed by atoms with E-state index in [2.05, 4.69) is 53.5 Å². The Morgan fingerprint density at radius 2 is 1.81 bits per heavy atom. The number of hydrogen-bond donors (Lipinski definition) is 1. The fraction of sp³-hybridized carbons (Fsp3) is 0.529. The molecule has 21 heavy (non-hydrogen) atoms. The Bertz CT molecular complexity index is 569. The van der Waals surface area contributed by atoms with Crippen LogP contribution < -0.4 is 5.32 Å². The number of likely N-dealkylation sites (N-methyl/N-ethyl adjacent to an activating group) is 1. The number of hydrogen-bond acceptors (Lipinski definition) is 3. The zero-order chi connectivity index (χ0) is 15.4. The van der Waals surface area contributed by atoms with Crippen LogP contribution in [-0.2, 0) is 13.0 Å². The van der Waals surface area contributed by atoms with Crippen molar-refractivity contribution in [3.8, 4) is 0 Å². The third-order valence-electron chi connectivity index (χ3n) is 3.69. The van der Waals surface area contributed by atoms with Crippen molar-refractivity contribution in [3.63, 3.8) is 0 Å². The zero-order valence-electron chi connectivity index (χ0n) is 13.7. The largest absolute Gasteiger partial charge is 0.311 e. The number of nitrogens with zero attached hydrogens (tertiary/aromatic N) is 3. The number of aromatic nitrogens is 3. The van der Waals surface area contributed by atoms with Crippen LogP contribution in [0.15, 0.2) is 24.3 Å². The van der Waals surface area contributed by atoms with Crippen LogP contribution in [0.1, 0.15) is 42.7 Å². The van der Waals surface area contributed by atoms with Crippen LogP contribution in [-0.4, -0.2) is 21.8 Å². The minimum Gasteiger partial charge on any atom is -0.311 e. The van der Waals surface area contributed by atoms with E-state index in [1.807, 2.05) is 25.6 Å². The lowest BCUT2D eigenvalue weighted by molar-refractivity contribution is 0.458. The lowest BCUT2D eigenvalue weighted by Gasteiger charge is -2.18. The Labute approximate surface area is 127 Å². The lowest BCUT2D eigenvalue weighted by Crippen LogP contribution is -2.23. The average molecular weight is 286 g/mol. The van der Waals surface area contributed by atoms with Crippen molar-refractivity contribution in [1.29, 1.82) is 0 Å². The van der Waals surface area contributed by atoms with Crippen molar-refractivity contribution >= 4 is 0 Å². The average Bonchev–Trinajstić information content (AvgIpc) is 2.74. The molecule has 114 valence electrons. The second-order valence-electron chi connectivity index (χ2n) is 6.07. The predicted octanol–water partition coefficient (Wildman–Crippen LogP) is 3.05. The van der Waals surface area contributed by atoms with Crippen LogP contribution in [0.5, 0.6) is 0 Å². The van der Waals surface area contributed by atoms with Gasteiger partial charge in [0.1, 0.15) is 11.6 Å². The standard InChI is InChI=1S/C17H26N4/c1-12(2)10-15-6-8-16(9-7-15)17(18-5)11-21-14(4)19-13(3)20-21/h6-9,12,17-18H,10-11H2,1-5H3. The Hall–Kier alpha value is -1.68. The highest BCUT2D eigenvalue weighted by Crippen LogP contribution is 2.17. The monoisotopic (exact) mass is 286 g/mol. The Kier molecular flexibility index (Phi) is 5.12. The fourth-order valence-electron chi connectivity index (χ4n) is 2.63. The fourth-order valence-corrected chi connectivity index (χ4v) is 2.63. The molecule has 0 aliphatic rings. The van der Waals surface area contributed by atoms with E-state index in [1.54, 1.807) is 0 Å². The molecule has 0 aliphatic heterocycles. The third kappa shape index (κ3) is 4.14. The van der Waals surface area contributed by atoms with E-state index in [-0.39, 0.29) is 6.04 Å². The minimum atomic E-state index is 0.248. The molecule has 4 heteroatoms. The van der Waals surface area contributed by atoms with Crippen LogP contribution in [0.25, 0.3) is 0 Å². The molecule has 0 spiro atoms. The molecule has 0 radical (unpaired) electrons. The molecular weight excluding hydrogens is 260 g/mol. The summed E-state index contributed by atoms with van der Waals surface area (Å²) in [4.78, 5) is 4.36. The van der Waals surface area contributed by atoms with Gasteiger partial charge in [0.05, 0.1) is 12.6 Å². The molecule has 0 aliphatic carbocycles. The normalized spacial score (nSPS) is 12.9. The molecule has 0 saturated carbocycles. The third-order valence-corrected chi connectivity index (χ3v) is 3.69. The second kappa shape index (κ2) is 6.85. The van der Waals surface area contributed by atoms with E-state index in [4.69, 9.17) is 0 Å². The van der Waals surface area contributed by atoms with Crippen LogP contribution in [0, 0.1) is 19.8 Å². The maximum absolute atomic E-state index is 4.45. The molecule has 1 aromatic carbocycles. The first kappa shape index (κ1) is 15.7. The quantitative estimate of drug-likeness (QED) is 0.887. The smallest absolute Gasteiger partial charge is 0.147 e. The van der Waals surface area contributed by atoms with Gasteiger partial charge in [0.2, 0.25) is 0 Å². The molecule has 2 aromatic rings. The van der Waals surface area contributed by atoms with E-state index in [1.165, 1.54) is 11.1 Å². The lowest BCUT2D eigenvalue weighted by atomic mass is 9.99. The van der Waals surface area contributed by atoms with Gasteiger partial charge in [-0.15, -0.1) is 0 Å². The first-order valence-corrected chi connectivity index (χ1v) is 7.63.